The fourth-order valence-electron chi connectivity index (χ4n) is 2.63. The van der Waals surface area contributed by atoms with Gasteiger partial charge in [0.15, 0.2) is 0 Å². The topological polar surface area (TPSA) is 69.6 Å². The van der Waals surface area contributed by atoms with Gasteiger partial charge in [-0.1, -0.05) is 6.07 Å². The van der Waals surface area contributed by atoms with Crippen LogP contribution in [0.25, 0.3) is 11.3 Å². The van der Waals surface area contributed by atoms with Gasteiger partial charge >= 0.3 is 12.1 Å². The second kappa shape index (κ2) is 5.65. The van der Waals surface area contributed by atoms with Crippen molar-refractivity contribution in [3.05, 3.63) is 42.1 Å². The van der Waals surface area contributed by atoms with E-state index in [0.717, 1.165) is 22.5 Å². The van der Waals surface area contributed by atoms with Gasteiger partial charge in [0.1, 0.15) is 5.60 Å². The first-order valence-electron chi connectivity index (χ1n) is 8.13. The molecular formula is C19H22N2O4. The Bertz CT molecular complexity index is 843. The lowest BCUT2D eigenvalue weighted by Crippen LogP contribution is -2.34. The van der Waals surface area contributed by atoms with E-state index in [0.29, 0.717) is 0 Å². The van der Waals surface area contributed by atoms with E-state index < -0.39 is 17.1 Å². The molecule has 0 bridgehead atoms. The number of aromatic nitrogens is 1. The molecule has 132 valence electrons. The van der Waals surface area contributed by atoms with E-state index >= 15 is 0 Å². The molecule has 0 saturated heterocycles. The number of nitrogens with one attached hydrogen (secondary N) is 1. The summed E-state index contributed by atoms with van der Waals surface area (Å²) in [6, 6.07) is 9.32. The number of anilines is 1. The highest BCUT2D eigenvalue weighted by molar-refractivity contribution is 5.89. The molecule has 1 aromatic carbocycles. The molecule has 1 amide bonds. The number of carbonyl (C=O) groups excluding carboxylic acids is 2. The molecule has 0 fully saturated rings. The second-order valence-corrected chi connectivity index (χ2v) is 7.63. The first-order valence-corrected chi connectivity index (χ1v) is 8.13. The van der Waals surface area contributed by atoms with E-state index in [9.17, 15) is 9.59 Å². The molecule has 3 rings (SSSR count). The van der Waals surface area contributed by atoms with Crippen molar-refractivity contribution < 1.29 is 19.2 Å². The summed E-state index contributed by atoms with van der Waals surface area (Å²) in [5, 5.41) is 2.70. The third kappa shape index (κ3) is 3.24. The molecule has 0 aliphatic carbocycles. The number of benzene rings is 1. The maximum Gasteiger partial charge on any atom is 0.412 e. The lowest BCUT2D eigenvalue weighted by atomic mass is 9.92. The van der Waals surface area contributed by atoms with Gasteiger partial charge in [0, 0.05) is 17.3 Å². The monoisotopic (exact) mass is 342 g/mol. The van der Waals surface area contributed by atoms with Crippen LogP contribution in [-0.2, 0) is 15.1 Å². The van der Waals surface area contributed by atoms with Gasteiger partial charge < -0.3 is 9.57 Å². The number of nitrogens with zero attached hydrogens (tertiary/aromatic N) is 1. The summed E-state index contributed by atoms with van der Waals surface area (Å²) in [6.07, 6.45) is 1.23. The third-order valence-electron chi connectivity index (χ3n) is 4.06. The third-order valence-corrected chi connectivity index (χ3v) is 4.06. The molecule has 0 spiro atoms. The molecule has 2 heterocycles. The van der Waals surface area contributed by atoms with Gasteiger partial charge in [-0.3, -0.25) is 5.32 Å². The fraction of sp³-hybridized carbons (Fsp3) is 0.368. The zero-order valence-corrected chi connectivity index (χ0v) is 15.0. The molecule has 25 heavy (non-hydrogen) atoms. The van der Waals surface area contributed by atoms with E-state index in [2.05, 4.69) is 5.32 Å². The fourth-order valence-corrected chi connectivity index (χ4v) is 2.63. The van der Waals surface area contributed by atoms with E-state index in [1.165, 1.54) is 4.73 Å². The molecule has 1 aliphatic heterocycles. The SMILES string of the molecule is CC(C)(C)C(=O)On1cccc1-c1ccc2c(c1)C(C)(C)OC(=O)N2. The first kappa shape index (κ1) is 17.1. The molecule has 6 heteroatoms. The molecular weight excluding hydrogens is 320 g/mol. The Morgan fingerprint density at radius 3 is 2.64 bits per heavy atom. The van der Waals surface area contributed by atoms with Crippen LogP contribution in [0.15, 0.2) is 36.5 Å². The summed E-state index contributed by atoms with van der Waals surface area (Å²) in [7, 11) is 0. The maximum absolute atomic E-state index is 12.2. The van der Waals surface area contributed by atoms with Gasteiger partial charge in [0.25, 0.3) is 0 Å². The lowest BCUT2D eigenvalue weighted by Gasteiger charge is -2.32. The number of hydrogen-bond donors (Lipinski definition) is 1. The number of rotatable bonds is 2. The zero-order valence-electron chi connectivity index (χ0n) is 15.0. The first-order chi connectivity index (χ1) is 11.6. The number of amides is 1. The minimum atomic E-state index is -0.743. The van der Waals surface area contributed by atoms with Crippen molar-refractivity contribution in [3.8, 4) is 11.3 Å². The number of carbonyl (C=O) groups is 2. The number of fused-ring (bicyclic) bond motifs is 1. The lowest BCUT2D eigenvalue weighted by molar-refractivity contribution is -0.153. The Balaban J connectivity index is 1.99. The van der Waals surface area contributed by atoms with Gasteiger partial charge in [0.2, 0.25) is 0 Å². The minimum Gasteiger partial charge on any atom is -0.438 e. The standard InChI is InChI=1S/C19H22N2O4/c1-18(2,3)16(22)25-21-10-6-7-15(21)12-8-9-14-13(11-12)19(4,5)24-17(23)20-14/h6-11H,1-5H3,(H,20,23). The average Bonchev–Trinajstić information content (AvgIpc) is 2.93. The van der Waals surface area contributed by atoms with Crippen LogP contribution in [0, 0.1) is 5.41 Å². The number of ether oxygens (including phenoxy) is 1. The van der Waals surface area contributed by atoms with Crippen LogP contribution in [0.4, 0.5) is 10.5 Å². The zero-order chi connectivity index (χ0) is 18.4. The highest BCUT2D eigenvalue weighted by Crippen LogP contribution is 2.38. The smallest absolute Gasteiger partial charge is 0.412 e. The molecule has 1 aliphatic rings. The van der Waals surface area contributed by atoms with Crippen molar-refractivity contribution in [2.24, 2.45) is 5.41 Å². The summed E-state index contributed by atoms with van der Waals surface area (Å²) in [5.41, 5.74) is 1.84. The summed E-state index contributed by atoms with van der Waals surface area (Å²) < 4.78 is 6.83. The predicted molar refractivity (Wildman–Crippen MR) is 94.0 cm³/mol. The normalized spacial score (nSPS) is 15.8. The Hall–Kier alpha value is -2.76. The van der Waals surface area contributed by atoms with E-state index in [1.807, 2.05) is 44.2 Å². The van der Waals surface area contributed by atoms with Gasteiger partial charge in [-0.05, 0) is 58.9 Å². The molecule has 1 aromatic heterocycles. The summed E-state index contributed by atoms with van der Waals surface area (Å²) >= 11 is 0. The van der Waals surface area contributed by atoms with Crippen molar-refractivity contribution in [1.29, 1.82) is 0 Å². The van der Waals surface area contributed by atoms with E-state index in [4.69, 9.17) is 9.57 Å². The van der Waals surface area contributed by atoms with Crippen molar-refractivity contribution in [3.63, 3.8) is 0 Å². The molecule has 0 unspecified atom stereocenters. The quantitative estimate of drug-likeness (QED) is 0.897. The highest BCUT2D eigenvalue weighted by atomic mass is 16.7. The van der Waals surface area contributed by atoms with Crippen LogP contribution in [0.2, 0.25) is 0 Å². The average molecular weight is 342 g/mol. The molecule has 2 aromatic rings. The Kier molecular flexibility index (Phi) is 3.86. The van der Waals surface area contributed by atoms with E-state index in [-0.39, 0.29) is 5.97 Å². The van der Waals surface area contributed by atoms with Crippen molar-refractivity contribution in [2.45, 2.75) is 40.2 Å². The summed E-state index contributed by atoms with van der Waals surface area (Å²) in [6.45, 7) is 9.10. The second-order valence-electron chi connectivity index (χ2n) is 7.63. The minimum absolute atomic E-state index is 0.321. The van der Waals surface area contributed by atoms with Crippen LogP contribution in [0.5, 0.6) is 0 Å². The van der Waals surface area contributed by atoms with Crippen LogP contribution in [0.1, 0.15) is 40.2 Å². The van der Waals surface area contributed by atoms with Crippen LogP contribution >= 0.6 is 0 Å². The van der Waals surface area contributed by atoms with Crippen molar-refractivity contribution in [2.75, 3.05) is 5.32 Å². The number of hydrogen-bond acceptors (Lipinski definition) is 4. The Morgan fingerprint density at radius 2 is 1.96 bits per heavy atom. The van der Waals surface area contributed by atoms with Gasteiger partial charge in [-0.15, -0.1) is 0 Å². The van der Waals surface area contributed by atoms with Crippen LogP contribution in [0.3, 0.4) is 0 Å². The van der Waals surface area contributed by atoms with Crippen molar-refractivity contribution >= 4 is 17.7 Å². The number of cyclic esters (lactones) is 1. The Morgan fingerprint density at radius 1 is 1.24 bits per heavy atom. The largest absolute Gasteiger partial charge is 0.438 e. The van der Waals surface area contributed by atoms with Gasteiger partial charge in [-0.2, -0.15) is 4.73 Å². The van der Waals surface area contributed by atoms with Gasteiger partial charge in [0.05, 0.1) is 16.8 Å². The van der Waals surface area contributed by atoms with Crippen molar-refractivity contribution in [1.82, 2.24) is 4.73 Å². The Labute approximate surface area is 146 Å². The molecule has 0 saturated carbocycles. The summed E-state index contributed by atoms with van der Waals surface area (Å²) in [5.74, 6) is -0.321. The molecule has 1 N–H and O–H groups in total. The molecule has 0 radical (unpaired) electrons. The predicted octanol–water partition coefficient (Wildman–Crippen LogP) is 3.95. The summed E-state index contributed by atoms with van der Waals surface area (Å²) in [4.78, 5) is 29.3. The highest BCUT2D eigenvalue weighted by Gasteiger charge is 2.33. The van der Waals surface area contributed by atoms with E-state index in [1.54, 1.807) is 27.0 Å². The molecule has 6 nitrogen and oxygen atoms in total. The molecule has 0 atom stereocenters. The van der Waals surface area contributed by atoms with Gasteiger partial charge in [-0.25, -0.2) is 9.59 Å². The van der Waals surface area contributed by atoms with Crippen LogP contribution < -0.4 is 10.2 Å². The maximum atomic E-state index is 12.2. The van der Waals surface area contributed by atoms with Crippen LogP contribution in [-0.4, -0.2) is 16.8 Å².